The Morgan fingerprint density at radius 2 is 1.92 bits per heavy atom. The van der Waals surface area contributed by atoms with E-state index in [0.717, 1.165) is 38.8 Å². The van der Waals surface area contributed by atoms with Gasteiger partial charge in [-0.15, -0.1) is 0 Å². The van der Waals surface area contributed by atoms with Gasteiger partial charge in [0, 0.05) is 13.1 Å². The van der Waals surface area contributed by atoms with Gasteiger partial charge in [-0.25, -0.2) is 4.79 Å². The smallest absolute Gasteiger partial charge is 0.330 e. The van der Waals surface area contributed by atoms with Crippen LogP contribution in [0.1, 0.15) is 46.0 Å². The molecule has 0 aromatic carbocycles. The summed E-state index contributed by atoms with van der Waals surface area (Å²) >= 11 is 0. The fraction of sp³-hybridized carbons (Fsp3) is 0.706. The summed E-state index contributed by atoms with van der Waals surface area (Å²) in [7, 11) is 0. The second-order valence-electron chi connectivity index (χ2n) is 6.62. The van der Waals surface area contributed by atoms with E-state index in [2.05, 4.69) is 4.98 Å². The van der Waals surface area contributed by atoms with E-state index < -0.39 is 11.2 Å². The molecule has 25 heavy (non-hydrogen) atoms. The minimum Gasteiger partial charge on any atom is -0.383 e. The Kier molecular flexibility index (Phi) is 6.81. The van der Waals surface area contributed by atoms with E-state index in [1.54, 1.807) is 0 Å². The number of unbranched alkanes of at least 4 members (excludes halogenated alkanes) is 1. The maximum absolute atomic E-state index is 12.8. The summed E-state index contributed by atoms with van der Waals surface area (Å²) in [6.07, 6.45) is 5.13. The van der Waals surface area contributed by atoms with Crippen molar-refractivity contribution < 1.29 is 9.69 Å². The molecule has 1 aromatic rings. The number of H-pyrrole nitrogens is 1. The van der Waals surface area contributed by atoms with Gasteiger partial charge >= 0.3 is 5.69 Å². The first-order valence-corrected chi connectivity index (χ1v) is 9.26. The molecule has 1 aliphatic heterocycles. The van der Waals surface area contributed by atoms with Crippen molar-refractivity contribution in [2.45, 2.75) is 52.5 Å². The Hall–Kier alpha value is -2.09. The van der Waals surface area contributed by atoms with Gasteiger partial charge in [0.2, 0.25) is 0 Å². The van der Waals surface area contributed by atoms with E-state index in [4.69, 9.17) is 5.73 Å². The molecule has 0 saturated carbocycles. The minimum atomic E-state index is -0.598. The number of amides is 1. The van der Waals surface area contributed by atoms with Crippen LogP contribution < -0.4 is 26.8 Å². The van der Waals surface area contributed by atoms with Crippen molar-refractivity contribution in [2.75, 3.05) is 36.8 Å². The number of hydrogen-bond acceptors (Lipinski definition) is 4. The standard InChI is InChI=1S/C17H29N5O3/c1-3-5-11-22-15(18)14(16(24)19-17(22)25)21(4-2)13(23)12-20-9-7-6-8-10-20/h3-12,18H2,1-2H3,(H,19,24,25)/p+1. The van der Waals surface area contributed by atoms with E-state index in [0.29, 0.717) is 19.6 Å². The van der Waals surface area contributed by atoms with Crippen LogP contribution in [0.4, 0.5) is 11.5 Å². The Morgan fingerprint density at radius 3 is 2.52 bits per heavy atom. The predicted molar refractivity (Wildman–Crippen MR) is 98.1 cm³/mol. The van der Waals surface area contributed by atoms with Gasteiger partial charge in [-0.2, -0.15) is 0 Å². The van der Waals surface area contributed by atoms with Gasteiger partial charge in [0.05, 0.1) is 13.1 Å². The van der Waals surface area contributed by atoms with Gasteiger partial charge in [0.25, 0.3) is 11.5 Å². The van der Waals surface area contributed by atoms with Crippen molar-refractivity contribution in [1.29, 1.82) is 0 Å². The van der Waals surface area contributed by atoms with Crippen molar-refractivity contribution in [1.82, 2.24) is 9.55 Å². The van der Waals surface area contributed by atoms with Gasteiger partial charge in [-0.1, -0.05) is 13.3 Å². The lowest BCUT2D eigenvalue weighted by Crippen LogP contribution is -3.14. The highest BCUT2D eigenvalue weighted by atomic mass is 16.2. The first-order valence-electron chi connectivity index (χ1n) is 9.26. The maximum Gasteiger partial charge on any atom is 0.330 e. The fourth-order valence-electron chi connectivity index (χ4n) is 3.37. The molecule has 0 spiro atoms. The highest BCUT2D eigenvalue weighted by molar-refractivity contribution is 5.96. The molecule has 1 saturated heterocycles. The molecule has 2 rings (SSSR count). The number of anilines is 2. The second-order valence-corrected chi connectivity index (χ2v) is 6.62. The Morgan fingerprint density at radius 1 is 1.24 bits per heavy atom. The molecule has 1 aromatic heterocycles. The largest absolute Gasteiger partial charge is 0.383 e. The highest BCUT2D eigenvalue weighted by Gasteiger charge is 2.26. The van der Waals surface area contributed by atoms with Crippen LogP contribution in [-0.4, -0.2) is 41.6 Å². The molecular weight excluding hydrogens is 322 g/mol. The zero-order valence-electron chi connectivity index (χ0n) is 15.3. The molecular formula is C17H30N5O3+. The van der Waals surface area contributed by atoms with Crippen LogP contribution in [0.2, 0.25) is 0 Å². The summed E-state index contributed by atoms with van der Waals surface area (Å²) in [4.78, 5) is 42.1. The lowest BCUT2D eigenvalue weighted by Gasteiger charge is -2.27. The highest BCUT2D eigenvalue weighted by Crippen LogP contribution is 2.16. The Balaban J connectivity index is 2.30. The first kappa shape index (κ1) is 19.2. The van der Waals surface area contributed by atoms with Crippen LogP contribution in [0.3, 0.4) is 0 Å². The van der Waals surface area contributed by atoms with E-state index in [1.807, 2.05) is 13.8 Å². The number of rotatable bonds is 7. The Bertz CT molecular complexity index is 703. The van der Waals surface area contributed by atoms with Gasteiger partial charge in [-0.3, -0.25) is 24.0 Å². The number of nitrogens with zero attached hydrogens (tertiary/aromatic N) is 2. The molecule has 1 fully saturated rings. The quantitative estimate of drug-likeness (QED) is 0.606. The molecule has 0 atom stereocenters. The summed E-state index contributed by atoms with van der Waals surface area (Å²) in [5.74, 6) is -0.0525. The molecule has 4 N–H and O–H groups in total. The van der Waals surface area contributed by atoms with Crippen molar-refractivity contribution in [3.05, 3.63) is 20.8 Å². The number of nitrogens with two attached hydrogens (primary N) is 1. The molecule has 1 aliphatic rings. The summed E-state index contributed by atoms with van der Waals surface area (Å²) in [6.45, 7) is 6.89. The van der Waals surface area contributed by atoms with Crippen LogP contribution in [0.25, 0.3) is 0 Å². The van der Waals surface area contributed by atoms with Crippen molar-refractivity contribution >= 4 is 17.4 Å². The number of carbonyl (C=O) groups excluding carboxylic acids is 1. The third-order valence-electron chi connectivity index (χ3n) is 4.80. The van der Waals surface area contributed by atoms with E-state index in [-0.39, 0.29) is 17.4 Å². The number of carbonyl (C=O) groups is 1. The topological polar surface area (TPSA) is 106 Å². The third-order valence-corrected chi connectivity index (χ3v) is 4.80. The molecule has 1 amide bonds. The number of hydrogen-bond donors (Lipinski definition) is 3. The van der Waals surface area contributed by atoms with Gasteiger partial charge in [-0.05, 0) is 32.6 Å². The summed E-state index contributed by atoms with van der Waals surface area (Å²) in [6, 6.07) is 0. The average Bonchev–Trinajstić information content (AvgIpc) is 2.59. The fourth-order valence-corrected chi connectivity index (χ4v) is 3.37. The van der Waals surface area contributed by atoms with Crippen LogP contribution in [-0.2, 0) is 11.3 Å². The van der Waals surface area contributed by atoms with Crippen LogP contribution in [0.15, 0.2) is 9.59 Å². The number of nitrogens with one attached hydrogen (secondary N) is 2. The van der Waals surface area contributed by atoms with Crippen LogP contribution in [0.5, 0.6) is 0 Å². The minimum absolute atomic E-state index is 0.0750. The summed E-state index contributed by atoms with van der Waals surface area (Å²) in [5.41, 5.74) is 5.09. The average molecular weight is 352 g/mol. The van der Waals surface area contributed by atoms with E-state index in [9.17, 15) is 14.4 Å². The van der Waals surface area contributed by atoms with Crippen molar-refractivity contribution in [3.8, 4) is 0 Å². The zero-order valence-corrected chi connectivity index (χ0v) is 15.3. The lowest BCUT2D eigenvalue weighted by atomic mass is 10.1. The van der Waals surface area contributed by atoms with Gasteiger partial charge in [0.1, 0.15) is 5.82 Å². The number of likely N-dealkylation sites (N-methyl/N-ethyl adjacent to an activating group) is 1. The van der Waals surface area contributed by atoms with Crippen LogP contribution in [0, 0.1) is 0 Å². The molecule has 8 nitrogen and oxygen atoms in total. The molecule has 0 aliphatic carbocycles. The number of piperidine rings is 1. The van der Waals surface area contributed by atoms with Crippen LogP contribution >= 0.6 is 0 Å². The number of quaternary nitrogens is 1. The van der Waals surface area contributed by atoms with E-state index in [1.165, 1.54) is 20.8 Å². The first-order chi connectivity index (χ1) is 12.0. The van der Waals surface area contributed by atoms with Gasteiger partial charge < -0.3 is 10.6 Å². The molecule has 8 heteroatoms. The summed E-state index contributed by atoms with van der Waals surface area (Å²) in [5, 5.41) is 0. The van der Waals surface area contributed by atoms with Gasteiger partial charge in [0.15, 0.2) is 12.2 Å². The molecule has 140 valence electrons. The van der Waals surface area contributed by atoms with Crippen molar-refractivity contribution in [3.63, 3.8) is 0 Å². The second kappa shape index (κ2) is 8.84. The molecule has 0 unspecified atom stereocenters. The number of aromatic amines is 1. The summed E-state index contributed by atoms with van der Waals surface area (Å²) < 4.78 is 1.35. The molecule has 0 bridgehead atoms. The molecule has 2 heterocycles. The van der Waals surface area contributed by atoms with E-state index >= 15 is 0 Å². The normalized spacial score (nSPS) is 15.3. The zero-order chi connectivity index (χ0) is 18.4. The van der Waals surface area contributed by atoms with Crippen molar-refractivity contribution in [2.24, 2.45) is 0 Å². The number of aromatic nitrogens is 2. The Labute approximate surface area is 147 Å². The number of nitrogen functional groups attached to an aromatic ring is 1. The lowest BCUT2D eigenvalue weighted by molar-refractivity contribution is -0.896. The third kappa shape index (κ3) is 4.50. The SMILES string of the molecule is CCCCn1c(N)c(N(CC)C(=O)C[NH+]2CCCCC2)c(=O)[nH]c1=O. The maximum atomic E-state index is 12.8. The molecule has 0 radical (unpaired) electrons. The monoisotopic (exact) mass is 352 g/mol. The predicted octanol–water partition coefficient (Wildman–Crippen LogP) is -0.659. The number of likely N-dealkylation sites (tertiary alicyclic amines) is 1.